The Labute approximate surface area is 886 Å². The molecule has 0 atom stereocenters. The molecule has 0 bridgehead atoms. The van der Waals surface area contributed by atoms with Crippen LogP contribution in [0.15, 0.2) is 461 Å². The van der Waals surface area contributed by atoms with Crippen molar-refractivity contribution in [3.63, 3.8) is 0 Å². The molecule has 1 aliphatic carbocycles. The first-order valence-electron chi connectivity index (χ1n) is 49.3. The second kappa shape index (κ2) is 42.7. The molecule has 0 aliphatic heterocycles. The smallest absolute Gasteiger partial charge is 0.423 e. The van der Waals surface area contributed by atoms with Crippen LogP contribution in [0, 0.1) is 0 Å². The zero-order valence-electron chi connectivity index (χ0n) is 80.5. The van der Waals surface area contributed by atoms with Crippen molar-refractivity contribution in [3.05, 3.63) is 472 Å². The minimum Gasteiger partial charge on any atom is -0.423 e. The van der Waals surface area contributed by atoms with Crippen LogP contribution in [0.3, 0.4) is 0 Å². The lowest BCUT2D eigenvalue weighted by Crippen LogP contribution is -2.30. The monoisotopic (exact) mass is 2030 g/mol. The van der Waals surface area contributed by atoms with E-state index >= 15 is 0 Å². The highest BCUT2D eigenvalue weighted by atomic mass is 32.1. The molecule has 718 valence electrons. The standard InChI is InChI=1S/C25H19BO2.3C22H15BO2S.2C18H13BO2S/c27-26(28)21-14-19(17-7-2-1-3-8-17)13-20(15-21)23-11-6-12-24-22-10-5-4-9-18(22)16-25(23)24;24-23(25)20-12-5-8-14-15(7-3-9-16(14)20)18-10-4-11-19-17-6-1-2-13-21(17)26-22(18)19;24-23(25)20-13-15(12-14-6-1-2-7-16(14)20)17-9-5-10-19-18-8-3-4-11-21(18)26-22(17)19;24-23(25)20-13-12-15(14-6-1-2-7-16(14)20)18-9-5-10-19-17-8-3-4-11-21(17)26-22(18)19;20-19(21)13-6-3-5-12(11-13)14-8-4-9-16-15-7-1-2-10-17(15)22-18(14)16;20-19(21)13-10-8-12(9-11-13)14-5-3-6-16-15-4-1-2-7-17(15)22-18(14)16/h1-15,27-28H,16H2;3*1-13,24-25H;2*1-11,20-21H. The summed E-state index contributed by atoms with van der Waals surface area (Å²) < 4.78 is 12.6. The van der Waals surface area contributed by atoms with E-state index in [2.05, 4.69) is 273 Å². The lowest BCUT2D eigenvalue weighted by atomic mass is 9.75. The van der Waals surface area contributed by atoms with Crippen molar-refractivity contribution in [2.45, 2.75) is 6.42 Å². The van der Waals surface area contributed by atoms with Gasteiger partial charge in [0.05, 0.1) is 0 Å². The number of rotatable bonds is 13. The summed E-state index contributed by atoms with van der Waals surface area (Å²) >= 11 is 8.95. The van der Waals surface area contributed by atoms with Crippen molar-refractivity contribution in [2.75, 3.05) is 0 Å². The first-order chi connectivity index (χ1) is 73.4. The molecule has 0 saturated carbocycles. The number of fused-ring (bicyclic) bond motifs is 21. The van der Waals surface area contributed by atoms with Crippen LogP contribution >= 0.6 is 56.7 Å². The quantitative estimate of drug-likeness (QED) is 0.0483. The second-order valence-electron chi connectivity index (χ2n) is 37.0. The molecule has 0 saturated heterocycles. The molecule has 0 spiro atoms. The summed E-state index contributed by atoms with van der Waals surface area (Å²) in [6, 6.07) is 155. The van der Waals surface area contributed by atoms with E-state index in [1.165, 1.54) is 140 Å². The normalized spacial score (nSPS) is 11.4. The molecule has 12 N–H and O–H groups in total. The van der Waals surface area contributed by atoms with Crippen LogP contribution in [0.5, 0.6) is 0 Å². The van der Waals surface area contributed by atoms with Crippen LogP contribution < -0.4 is 32.8 Å². The number of thiophene rings is 5. The van der Waals surface area contributed by atoms with E-state index in [0.717, 1.165) is 99.9 Å². The number of benzene rings is 22. The minimum absolute atomic E-state index is 0.504. The maximum atomic E-state index is 9.88. The van der Waals surface area contributed by atoms with Gasteiger partial charge in [-0.15, -0.1) is 56.7 Å². The van der Waals surface area contributed by atoms with Crippen molar-refractivity contribution in [3.8, 4) is 89.0 Å². The predicted molar refractivity (Wildman–Crippen MR) is 641 cm³/mol. The van der Waals surface area contributed by atoms with Gasteiger partial charge >= 0.3 is 42.7 Å². The minimum atomic E-state index is -1.50. The summed E-state index contributed by atoms with van der Waals surface area (Å²) in [4.78, 5) is 0. The van der Waals surface area contributed by atoms with E-state index in [0.29, 0.717) is 32.8 Å². The molecular formula is C127H90B6O12S5. The molecule has 0 unspecified atom stereocenters. The molecule has 150 heavy (non-hydrogen) atoms. The van der Waals surface area contributed by atoms with Gasteiger partial charge in [0.1, 0.15) is 0 Å². The van der Waals surface area contributed by atoms with Gasteiger partial charge in [0, 0.05) is 112 Å². The van der Waals surface area contributed by atoms with E-state index < -0.39 is 42.7 Å². The van der Waals surface area contributed by atoms with E-state index in [-0.39, 0.29) is 0 Å². The lowest BCUT2D eigenvalue weighted by molar-refractivity contribution is 0.424. The highest BCUT2D eigenvalue weighted by Gasteiger charge is 2.28. The Morgan fingerprint density at radius 2 is 0.480 bits per heavy atom. The fourth-order valence-corrected chi connectivity index (χ4v) is 27.2. The average Bonchev–Trinajstić information content (AvgIpc) is 1.58. The molecular weight excluding hydrogens is 1940 g/mol. The van der Waals surface area contributed by atoms with Gasteiger partial charge in [-0.1, -0.05) is 419 Å². The van der Waals surface area contributed by atoms with Gasteiger partial charge in [0.15, 0.2) is 0 Å². The maximum Gasteiger partial charge on any atom is 0.489 e. The fourth-order valence-electron chi connectivity index (χ4n) is 21.0. The lowest BCUT2D eigenvalue weighted by Gasteiger charge is -2.13. The largest absolute Gasteiger partial charge is 0.489 e. The molecule has 0 radical (unpaired) electrons. The molecule has 28 rings (SSSR count). The Kier molecular flexibility index (Phi) is 27.9. The van der Waals surface area contributed by atoms with E-state index in [1.807, 2.05) is 164 Å². The van der Waals surface area contributed by atoms with Crippen molar-refractivity contribution in [2.24, 2.45) is 0 Å². The molecule has 0 fully saturated rings. The van der Waals surface area contributed by atoms with Gasteiger partial charge < -0.3 is 60.3 Å². The molecule has 27 aromatic rings. The zero-order chi connectivity index (χ0) is 102. The van der Waals surface area contributed by atoms with Gasteiger partial charge in [-0.2, -0.15) is 0 Å². The van der Waals surface area contributed by atoms with Crippen molar-refractivity contribution in [1.29, 1.82) is 0 Å². The van der Waals surface area contributed by atoms with Crippen LogP contribution in [0.4, 0.5) is 0 Å². The summed E-state index contributed by atoms with van der Waals surface area (Å²) in [6.07, 6.45) is 0.897. The number of hydrogen-bond acceptors (Lipinski definition) is 17. The first-order valence-corrected chi connectivity index (χ1v) is 53.3. The van der Waals surface area contributed by atoms with Crippen LogP contribution in [-0.4, -0.2) is 103 Å². The van der Waals surface area contributed by atoms with E-state index in [9.17, 15) is 60.3 Å². The van der Waals surface area contributed by atoms with Crippen LogP contribution in [0.25, 0.3) is 222 Å². The Balaban J connectivity index is 0.0000000988. The molecule has 12 nitrogen and oxygen atoms in total. The molecule has 5 heterocycles. The molecule has 22 aromatic carbocycles. The Bertz CT molecular complexity index is 9640. The van der Waals surface area contributed by atoms with E-state index in [4.69, 9.17) is 0 Å². The molecule has 1 aliphatic rings. The Hall–Kier alpha value is -15.4. The SMILES string of the molecule is OB(O)c1cc(-c2cccc3c2sc2ccccc23)cc2ccccc12.OB(O)c1cc(-c2ccccc2)cc(-c2cccc3c2Cc2ccccc2-3)c1.OB(O)c1ccc(-c2cccc3c2sc2ccccc23)c2ccccc12.OB(O)c1ccc(-c2cccc3c2sc2ccccc23)cc1.OB(O)c1cccc(-c2cccc3c2sc2ccccc23)c1.OB(O)c1cccc2c(-c3cccc4c3sc3ccccc34)cccc12. The Morgan fingerprint density at radius 1 is 0.153 bits per heavy atom. The Morgan fingerprint density at radius 3 is 0.980 bits per heavy atom. The van der Waals surface area contributed by atoms with Crippen molar-refractivity contribution < 1.29 is 60.3 Å². The summed E-state index contributed by atoms with van der Waals surface area (Å²) in [7, 11) is -8.82. The predicted octanol–water partition coefficient (Wildman–Crippen LogP) is 24.7. The molecule has 5 aromatic heterocycles. The van der Waals surface area contributed by atoms with Crippen molar-refractivity contribution in [1.82, 2.24) is 0 Å². The fraction of sp³-hybridized carbons (Fsp3) is 0.00787. The van der Waals surface area contributed by atoms with Crippen LogP contribution in [0.2, 0.25) is 0 Å². The highest BCUT2D eigenvalue weighted by Crippen LogP contribution is 2.49. The second-order valence-corrected chi connectivity index (χ2v) is 42.3. The van der Waals surface area contributed by atoms with Gasteiger partial charge in [-0.25, -0.2) is 0 Å². The van der Waals surface area contributed by atoms with Gasteiger partial charge in [-0.3, -0.25) is 0 Å². The van der Waals surface area contributed by atoms with E-state index in [1.54, 1.807) is 80.9 Å². The van der Waals surface area contributed by atoms with Gasteiger partial charge in [0.2, 0.25) is 0 Å². The van der Waals surface area contributed by atoms with Crippen LogP contribution in [0.1, 0.15) is 11.1 Å². The first kappa shape index (κ1) is 98.0. The van der Waals surface area contributed by atoms with Crippen LogP contribution in [-0.2, 0) is 6.42 Å². The van der Waals surface area contributed by atoms with Gasteiger partial charge in [-0.05, 0) is 203 Å². The summed E-state index contributed by atoms with van der Waals surface area (Å²) in [5.41, 5.74) is 23.6. The third-order valence-electron chi connectivity index (χ3n) is 28.1. The molecule has 0 amide bonds. The third-order valence-corrected chi connectivity index (χ3v) is 34.2. The summed E-state index contributed by atoms with van der Waals surface area (Å²) in [5.74, 6) is 0. The zero-order valence-corrected chi connectivity index (χ0v) is 84.5. The number of hydrogen-bond donors (Lipinski definition) is 12. The van der Waals surface area contributed by atoms with Crippen molar-refractivity contribution >= 4 is 265 Å². The third kappa shape index (κ3) is 19.2. The molecule has 23 heteroatoms. The highest BCUT2D eigenvalue weighted by molar-refractivity contribution is 7.28. The average molecular weight is 2030 g/mol. The summed E-state index contributed by atoms with van der Waals surface area (Å²) in [6.45, 7) is 0. The summed E-state index contributed by atoms with van der Waals surface area (Å²) in [5, 5.41) is 134. The maximum absolute atomic E-state index is 9.88. The van der Waals surface area contributed by atoms with Gasteiger partial charge in [0.25, 0.3) is 0 Å². The topological polar surface area (TPSA) is 243 Å².